The lowest BCUT2D eigenvalue weighted by atomic mass is 10.1. The summed E-state index contributed by atoms with van der Waals surface area (Å²) in [6, 6.07) is 5.68. The lowest BCUT2D eigenvalue weighted by Crippen LogP contribution is -2.54. The van der Waals surface area contributed by atoms with E-state index in [0.29, 0.717) is 17.1 Å². The second kappa shape index (κ2) is 6.00. The Labute approximate surface area is 113 Å². The summed E-state index contributed by atoms with van der Waals surface area (Å²) in [6.07, 6.45) is 1.11. The summed E-state index contributed by atoms with van der Waals surface area (Å²) in [5.41, 5.74) is 1.01. The van der Waals surface area contributed by atoms with E-state index in [2.05, 4.69) is 24.1 Å². The summed E-state index contributed by atoms with van der Waals surface area (Å²) < 4.78 is 13.0. The lowest BCUT2D eigenvalue weighted by Gasteiger charge is -2.39. The first-order valence-electron chi connectivity index (χ1n) is 6.51. The van der Waals surface area contributed by atoms with Gasteiger partial charge in [0, 0.05) is 36.7 Å². The molecule has 1 aromatic rings. The van der Waals surface area contributed by atoms with Crippen molar-refractivity contribution in [1.82, 2.24) is 10.2 Å². The summed E-state index contributed by atoms with van der Waals surface area (Å²) in [7, 11) is 0. The van der Waals surface area contributed by atoms with Gasteiger partial charge >= 0.3 is 0 Å². The van der Waals surface area contributed by atoms with E-state index < -0.39 is 0 Å². The fourth-order valence-electron chi connectivity index (χ4n) is 2.50. The first-order chi connectivity index (χ1) is 8.60. The molecular weight excluding hydrogens is 251 g/mol. The van der Waals surface area contributed by atoms with Gasteiger partial charge in [0.1, 0.15) is 5.82 Å². The van der Waals surface area contributed by atoms with Gasteiger partial charge in [0.05, 0.1) is 0 Å². The van der Waals surface area contributed by atoms with Crippen LogP contribution in [0.15, 0.2) is 18.2 Å². The van der Waals surface area contributed by atoms with Crippen LogP contribution in [0.5, 0.6) is 0 Å². The standard InChI is InChI=1S/C14H20ClFN2/c1-3-13-7-17-10(2)8-18(13)9-11-4-5-12(16)6-14(11)15/h4-6,10,13,17H,3,7-9H2,1-2H3. The molecule has 2 unspecified atom stereocenters. The highest BCUT2D eigenvalue weighted by molar-refractivity contribution is 6.31. The van der Waals surface area contributed by atoms with E-state index in [1.807, 2.05) is 0 Å². The van der Waals surface area contributed by atoms with Crippen molar-refractivity contribution in [3.63, 3.8) is 0 Å². The summed E-state index contributed by atoms with van der Waals surface area (Å²) >= 11 is 6.09. The first kappa shape index (κ1) is 13.8. The van der Waals surface area contributed by atoms with E-state index in [-0.39, 0.29) is 5.82 Å². The summed E-state index contributed by atoms with van der Waals surface area (Å²) in [4.78, 5) is 2.43. The van der Waals surface area contributed by atoms with Gasteiger partial charge < -0.3 is 5.32 Å². The van der Waals surface area contributed by atoms with Crippen molar-refractivity contribution in [1.29, 1.82) is 0 Å². The van der Waals surface area contributed by atoms with Gasteiger partial charge in [0.15, 0.2) is 0 Å². The van der Waals surface area contributed by atoms with Gasteiger partial charge in [0.25, 0.3) is 0 Å². The molecule has 18 heavy (non-hydrogen) atoms. The molecule has 100 valence electrons. The zero-order valence-corrected chi connectivity index (χ0v) is 11.7. The molecule has 0 radical (unpaired) electrons. The Bertz CT molecular complexity index is 411. The van der Waals surface area contributed by atoms with E-state index in [9.17, 15) is 4.39 Å². The van der Waals surface area contributed by atoms with Crippen molar-refractivity contribution in [3.05, 3.63) is 34.6 Å². The molecule has 0 saturated carbocycles. The fraction of sp³-hybridized carbons (Fsp3) is 0.571. The zero-order chi connectivity index (χ0) is 13.1. The van der Waals surface area contributed by atoms with E-state index >= 15 is 0 Å². The molecule has 0 aromatic heterocycles. The van der Waals surface area contributed by atoms with Gasteiger partial charge in [-0.15, -0.1) is 0 Å². The monoisotopic (exact) mass is 270 g/mol. The van der Waals surface area contributed by atoms with Crippen LogP contribution in [0.3, 0.4) is 0 Å². The molecule has 2 rings (SSSR count). The average Bonchev–Trinajstić information content (AvgIpc) is 2.33. The molecule has 1 fully saturated rings. The van der Waals surface area contributed by atoms with Crippen LogP contribution in [-0.4, -0.2) is 30.1 Å². The number of benzene rings is 1. The Morgan fingerprint density at radius 3 is 2.94 bits per heavy atom. The number of hydrogen-bond acceptors (Lipinski definition) is 2. The lowest BCUT2D eigenvalue weighted by molar-refractivity contribution is 0.124. The molecule has 1 aromatic carbocycles. The molecule has 2 nitrogen and oxygen atoms in total. The number of piperazine rings is 1. The Morgan fingerprint density at radius 2 is 2.28 bits per heavy atom. The number of hydrogen-bond donors (Lipinski definition) is 1. The van der Waals surface area contributed by atoms with Crippen molar-refractivity contribution in [2.75, 3.05) is 13.1 Å². The summed E-state index contributed by atoms with van der Waals surface area (Å²) in [6.45, 7) is 7.19. The van der Waals surface area contributed by atoms with E-state index in [0.717, 1.165) is 31.6 Å². The van der Waals surface area contributed by atoms with Gasteiger partial charge in [0.2, 0.25) is 0 Å². The third-order valence-electron chi connectivity index (χ3n) is 3.59. The molecule has 1 heterocycles. The minimum atomic E-state index is -0.274. The Kier molecular flexibility index (Phi) is 4.60. The molecule has 1 saturated heterocycles. The molecule has 1 aliphatic heterocycles. The number of nitrogens with zero attached hydrogens (tertiary/aromatic N) is 1. The number of rotatable bonds is 3. The number of halogens is 2. The van der Waals surface area contributed by atoms with Crippen LogP contribution in [0, 0.1) is 5.82 Å². The van der Waals surface area contributed by atoms with Crippen LogP contribution in [-0.2, 0) is 6.54 Å². The smallest absolute Gasteiger partial charge is 0.124 e. The topological polar surface area (TPSA) is 15.3 Å². The largest absolute Gasteiger partial charge is 0.311 e. The van der Waals surface area contributed by atoms with Gasteiger partial charge in [-0.2, -0.15) is 0 Å². The molecular formula is C14H20ClFN2. The Morgan fingerprint density at radius 1 is 1.50 bits per heavy atom. The van der Waals surface area contributed by atoms with Crippen LogP contribution in [0.1, 0.15) is 25.8 Å². The second-order valence-corrected chi connectivity index (χ2v) is 5.44. The normalized spacial score (nSPS) is 25.3. The molecule has 4 heteroatoms. The van der Waals surface area contributed by atoms with Gasteiger partial charge in [-0.25, -0.2) is 4.39 Å². The highest BCUT2D eigenvalue weighted by Crippen LogP contribution is 2.21. The van der Waals surface area contributed by atoms with Crippen molar-refractivity contribution < 1.29 is 4.39 Å². The average molecular weight is 271 g/mol. The van der Waals surface area contributed by atoms with E-state index in [1.165, 1.54) is 12.1 Å². The zero-order valence-electron chi connectivity index (χ0n) is 10.9. The Balaban J connectivity index is 2.10. The van der Waals surface area contributed by atoms with Crippen LogP contribution in [0.4, 0.5) is 4.39 Å². The highest BCUT2D eigenvalue weighted by atomic mass is 35.5. The Hall–Kier alpha value is -0.640. The van der Waals surface area contributed by atoms with Gasteiger partial charge in [-0.1, -0.05) is 24.6 Å². The maximum atomic E-state index is 13.0. The molecule has 0 amide bonds. The predicted molar refractivity (Wildman–Crippen MR) is 73.4 cm³/mol. The minimum absolute atomic E-state index is 0.274. The summed E-state index contributed by atoms with van der Waals surface area (Å²) in [5.74, 6) is -0.274. The van der Waals surface area contributed by atoms with Crippen molar-refractivity contribution in [2.24, 2.45) is 0 Å². The molecule has 2 atom stereocenters. The number of nitrogens with one attached hydrogen (secondary N) is 1. The fourth-order valence-corrected chi connectivity index (χ4v) is 2.72. The van der Waals surface area contributed by atoms with Crippen molar-refractivity contribution in [3.8, 4) is 0 Å². The van der Waals surface area contributed by atoms with Crippen molar-refractivity contribution in [2.45, 2.75) is 38.9 Å². The molecule has 1 N–H and O–H groups in total. The quantitative estimate of drug-likeness (QED) is 0.908. The van der Waals surface area contributed by atoms with E-state index in [1.54, 1.807) is 6.07 Å². The molecule has 0 spiro atoms. The first-order valence-corrected chi connectivity index (χ1v) is 6.89. The molecule has 1 aliphatic rings. The SMILES string of the molecule is CCC1CNC(C)CN1Cc1ccc(F)cc1Cl. The third kappa shape index (κ3) is 3.22. The maximum absolute atomic E-state index is 13.0. The van der Waals surface area contributed by atoms with Crippen LogP contribution >= 0.6 is 11.6 Å². The second-order valence-electron chi connectivity index (χ2n) is 5.04. The maximum Gasteiger partial charge on any atom is 0.124 e. The van der Waals surface area contributed by atoms with E-state index in [4.69, 9.17) is 11.6 Å². The minimum Gasteiger partial charge on any atom is -0.311 e. The molecule has 0 bridgehead atoms. The third-order valence-corrected chi connectivity index (χ3v) is 3.94. The highest BCUT2D eigenvalue weighted by Gasteiger charge is 2.24. The summed E-state index contributed by atoms with van der Waals surface area (Å²) in [5, 5.41) is 4.01. The predicted octanol–water partition coefficient (Wildman–Crippen LogP) is 3.05. The van der Waals surface area contributed by atoms with Crippen LogP contribution in [0.2, 0.25) is 5.02 Å². The molecule has 0 aliphatic carbocycles. The van der Waals surface area contributed by atoms with Gasteiger partial charge in [-0.3, -0.25) is 4.90 Å². The van der Waals surface area contributed by atoms with Crippen LogP contribution in [0.25, 0.3) is 0 Å². The van der Waals surface area contributed by atoms with Crippen molar-refractivity contribution >= 4 is 11.6 Å². The van der Waals surface area contributed by atoms with Crippen LogP contribution < -0.4 is 5.32 Å². The van der Waals surface area contributed by atoms with Gasteiger partial charge in [-0.05, 0) is 31.0 Å².